The van der Waals surface area contributed by atoms with E-state index in [1.54, 1.807) is 12.1 Å². The molecule has 1 aliphatic rings. The molecule has 0 spiro atoms. The number of benzene rings is 3. The molecule has 0 unspecified atom stereocenters. The molecule has 0 saturated heterocycles. The summed E-state index contributed by atoms with van der Waals surface area (Å²) in [5.41, 5.74) is 2.47. The number of amides is 3. The number of halogens is 2. The van der Waals surface area contributed by atoms with Gasteiger partial charge in [-0.2, -0.15) is 0 Å². The number of imide groups is 1. The van der Waals surface area contributed by atoms with Crippen molar-refractivity contribution < 1.29 is 23.2 Å². The molecule has 204 valence electrons. The van der Waals surface area contributed by atoms with E-state index in [-0.39, 0.29) is 24.6 Å². The van der Waals surface area contributed by atoms with Crippen molar-refractivity contribution in [3.05, 3.63) is 90.0 Å². The zero-order chi connectivity index (χ0) is 27.8. The summed E-state index contributed by atoms with van der Waals surface area (Å²) in [6.45, 7) is 1.47. The van der Waals surface area contributed by atoms with Crippen molar-refractivity contribution >= 4 is 23.4 Å². The van der Waals surface area contributed by atoms with Crippen molar-refractivity contribution in [2.24, 2.45) is 0 Å². The van der Waals surface area contributed by atoms with Gasteiger partial charge in [-0.15, -0.1) is 0 Å². The molecule has 0 aromatic heterocycles. The van der Waals surface area contributed by atoms with Gasteiger partial charge in [0.1, 0.15) is 17.7 Å². The van der Waals surface area contributed by atoms with E-state index >= 15 is 0 Å². The Morgan fingerprint density at radius 1 is 0.872 bits per heavy atom. The maximum Gasteiger partial charge on any atom is 0.256 e. The number of hydrogen-bond acceptors (Lipinski definition) is 4. The Morgan fingerprint density at radius 2 is 1.49 bits per heavy atom. The molecule has 3 amide bonds. The monoisotopic (exact) mass is 533 g/mol. The van der Waals surface area contributed by atoms with E-state index in [1.807, 2.05) is 42.5 Å². The Hall–Kier alpha value is -3.91. The second kappa shape index (κ2) is 13.2. The molecule has 3 aromatic rings. The Labute approximate surface area is 227 Å². The first-order valence-electron chi connectivity index (χ1n) is 13.3. The lowest BCUT2D eigenvalue weighted by molar-refractivity contribution is -0.130. The summed E-state index contributed by atoms with van der Waals surface area (Å²) in [6.07, 6.45) is 5.06. The van der Waals surface area contributed by atoms with E-state index in [4.69, 9.17) is 0 Å². The molecule has 8 heteroatoms. The van der Waals surface area contributed by atoms with Crippen LogP contribution < -0.4 is 15.5 Å². The van der Waals surface area contributed by atoms with Gasteiger partial charge in [-0.1, -0.05) is 61.7 Å². The summed E-state index contributed by atoms with van der Waals surface area (Å²) in [7, 11) is 0. The van der Waals surface area contributed by atoms with E-state index in [1.165, 1.54) is 13.3 Å². The van der Waals surface area contributed by atoms with Crippen molar-refractivity contribution in [1.29, 1.82) is 0 Å². The molecule has 0 radical (unpaired) electrons. The topological polar surface area (TPSA) is 78.5 Å². The summed E-state index contributed by atoms with van der Waals surface area (Å²) in [5, 5.41) is 5.85. The van der Waals surface area contributed by atoms with Gasteiger partial charge in [0.15, 0.2) is 0 Å². The average Bonchev–Trinajstić information content (AvgIpc) is 2.92. The molecule has 3 aromatic carbocycles. The van der Waals surface area contributed by atoms with Gasteiger partial charge in [0, 0.05) is 12.1 Å². The van der Waals surface area contributed by atoms with Gasteiger partial charge in [0.05, 0.1) is 18.7 Å². The lowest BCUT2D eigenvalue weighted by Gasteiger charge is -2.27. The van der Waals surface area contributed by atoms with Gasteiger partial charge >= 0.3 is 0 Å². The van der Waals surface area contributed by atoms with Crippen LogP contribution in [0.5, 0.6) is 0 Å². The summed E-state index contributed by atoms with van der Waals surface area (Å²) in [5.74, 6) is -3.19. The Bertz CT molecular complexity index is 1270. The smallest absolute Gasteiger partial charge is 0.256 e. The third kappa shape index (κ3) is 7.80. The van der Waals surface area contributed by atoms with Gasteiger partial charge in [0.25, 0.3) is 5.91 Å². The fourth-order valence-electron chi connectivity index (χ4n) is 4.89. The van der Waals surface area contributed by atoms with Crippen LogP contribution >= 0.6 is 0 Å². The van der Waals surface area contributed by atoms with Crippen molar-refractivity contribution in [2.45, 2.75) is 57.5 Å². The molecule has 0 bridgehead atoms. The number of carbonyl (C=O) groups is 3. The third-order valence-electron chi connectivity index (χ3n) is 6.88. The van der Waals surface area contributed by atoms with Gasteiger partial charge in [-0.05, 0) is 60.7 Å². The SMILES string of the molecule is C[C@H](NC(=O)Cc1cc(F)cc(F)c1)C(=O)N(C(=O)CNC1CCCCC1)c1ccc(-c2ccccc2)cc1. The van der Waals surface area contributed by atoms with Crippen LogP contribution in [0.1, 0.15) is 44.6 Å². The largest absolute Gasteiger partial charge is 0.344 e. The van der Waals surface area contributed by atoms with Gasteiger partial charge in [-0.3, -0.25) is 14.4 Å². The maximum atomic E-state index is 13.5. The van der Waals surface area contributed by atoms with Crippen LogP contribution in [-0.2, 0) is 20.8 Å². The predicted molar refractivity (Wildman–Crippen MR) is 147 cm³/mol. The fourth-order valence-corrected chi connectivity index (χ4v) is 4.89. The minimum Gasteiger partial charge on any atom is -0.344 e. The summed E-state index contributed by atoms with van der Waals surface area (Å²) in [6, 6.07) is 18.9. The summed E-state index contributed by atoms with van der Waals surface area (Å²) in [4.78, 5) is 40.6. The van der Waals surface area contributed by atoms with Crippen LogP contribution in [0.4, 0.5) is 14.5 Å². The standard InChI is InChI=1S/C31H33F2N3O3/c1-21(35-29(37)18-22-16-25(32)19-26(33)17-22)31(39)36(30(38)20-34-27-10-6-3-7-11-27)28-14-12-24(13-15-28)23-8-4-2-5-9-23/h2,4-5,8-9,12-17,19,21,27,34H,3,6-7,10-11,18,20H2,1H3,(H,35,37)/t21-/m0/s1. The van der Waals surface area contributed by atoms with Crippen molar-refractivity contribution in [1.82, 2.24) is 10.6 Å². The number of rotatable bonds is 9. The third-order valence-corrected chi connectivity index (χ3v) is 6.88. The molecule has 2 N–H and O–H groups in total. The molecule has 1 aliphatic carbocycles. The highest BCUT2D eigenvalue weighted by Crippen LogP contribution is 2.24. The van der Waals surface area contributed by atoms with Crippen molar-refractivity contribution in [3.63, 3.8) is 0 Å². The molecule has 1 saturated carbocycles. The van der Waals surface area contributed by atoms with E-state index < -0.39 is 35.4 Å². The predicted octanol–water partition coefficient (Wildman–Crippen LogP) is 5.16. The van der Waals surface area contributed by atoms with Gasteiger partial charge < -0.3 is 10.6 Å². The number of nitrogens with zero attached hydrogens (tertiary/aromatic N) is 1. The highest BCUT2D eigenvalue weighted by molar-refractivity contribution is 6.17. The Morgan fingerprint density at radius 3 is 2.13 bits per heavy atom. The molecule has 1 fully saturated rings. The first kappa shape index (κ1) is 28.1. The first-order chi connectivity index (χ1) is 18.8. The van der Waals surface area contributed by atoms with Crippen LogP contribution in [0.25, 0.3) is 11.1 Å². The lowest BCUT2D eigenvalue weighted by Crippen LogP contribution is -2.52. The van der Waals surface area contributed by atoms with E-state index in [0.717, 1.165) is 59.9 Å². The number of anilines is 1. The minimum atomic E-state index is -1.05. The molecule has 4 rings (SSSR count). The van der Waals surface area contributed by atoms with Crippen LogP contribution in [-0.4, -0.2) is 36.3 Å². The Kier molecular flexibility index (Phi) is 9.54. The number of carbonyl (C=O) groups excluding carboxylic acids is 3. The van der Waals surface area contributed by atoms with E-state index in [9.17, 15) is 23.2 Å². The second-order valence-corrected chi connectivity index (χ2v) is 9.94. The molecule has 39 heavy (non-hydrogen) atoms. The molecule has 1 atom stereocenters. The van der Waals surface area contributed by atoms with Crippen LogP contribution in [0, 0.1) is 11.6 Å². The number of nitrogens with one attached hydrogen (secondary N) is 2. The van der Waals surface area contributed by atoms with Crippen LogP contribution in [0.2, 0.25) is 0 Å². The molecule has 0 aliphatic heterocycles. The number of hydrogen-bond donors (Lipinski definition) is 2. The maximum absolute atomic E-state index is 13.5. The zero-order valence-electron chi connectivity index (χ0n) is 22.0. The summed E-state index contributed by atoms with van der Waals surface area (Å²) < 4.78 is 27.0. The lowest BCUT2D eigenvalue weighted by atomic mass is 9.95. The van der Waals surface area contributed by atoms with E-state index in [2.05, 4.69) is 10.6 Å². The molecule has 6 nitrogen and oxygen atoms in total. The first-order valence-corrected chi connectivity index (χ1v) is 13.3. The zero-order valence-corrected chi connectivity index (χ0v) is 22.0. The molecule has 0 heterocycles. The Balaban J connectivity index is 1.49. The van der Waals surface area contributed by atoms with Crippen LogP contribution in [0.15, 0.2) is 72.8 Å². The van der Waals surface area contributed by atoms with Gasteiger partial charge in [-0.25, -0.2) is 13.7 Å². The van der Waals surface area contributed by atoms with E-state index in [0.29, 0.717) is 5.69 Å². The van der Waals surface area contributed by atoms with Crippen LogP contribution in [0.3, 0.4) is 0 Å². The summed E-state index contributed by atoms with van der Waals surface area (Å²) >= 11 is 0. The molecular weight excluding hydrogens is 500 g/mol. The second-order valence-electron chi connectivity index (χ2n) is 9.94. The highest BCUT2D eigenvalue weighted by atomic mass is 19.1. The highest BCUT2D eigenvalue weighted by Gasteiger charge is 2.29. The molecular formula is C31H33F2N3O3. The van der Waals surface area contributed by atoms with Crippen molar-refractivity contribution in [2.75, 3.05) is 11.4 Å². The fraction of sp³-hybridized carbons (Fsp3) is 0.323. The normalized spacial score (nSPS) is 14.4. The average molecular weight is 534 g/mol. The van der Waals surface area contributed by atoms with Gasteiger partial charge in [0.2, 0.25) is 11.8 Å². The minimum absolute atomic E-state index is 0.0138. The quantitative estimate of drug-likeness (QED) is 0.398. The van der Waals surface area contributed by atoms with Crippen molar-refractivity contribution in [3.8, 4) is 11.1 Å².